The van der Waals surface area contributed by atoms with E-state index in [1.54, 1.807) is 18.2 Å². The molecule has 2 heterocycles. The summed E-state index contributed by atoms with van der Waals surface area (Å²) < 4.78 is 2.25. The highest BCUT2D eigenvalue weighted by molar-refractivity contribution is 6.36. The number of hydrogen-bond donors (Lipinski definition) is 2. The van der Waals surface area contributed by atoms with Gasteiger partial charge in [0.2, 0.25) is 0 Å². The molecule has 0 bridgehead atoms. The standard InChI is InChI=1S/C26H27Cl2N3O/c1-26(2,3)18-10-8-17(9-11-18)24-22(6-4-14-31-15-5-7-23(24)31)30-25(32)29-21-13-12-19(27)16-20(21)28/h5,7-13,15-16H,4,6,14H2,1-3H3,(H2,29,30,32). The maximum absolute atomic E-state index is 12.9. The molecule has 166 valence electrons. The Morgan fingerprint density at radius 1 is 1.00 bits per heavy atom. The molecule has 1 aliphatic rings. The van der Waals surface area contributed by atoms with E-state index in [1.807, 2.05) is 0 Å². The van der Waals surface area contributed by atoms with Crippen LogP contribution in [-0.4, -0.2) is 10.6 Å². The number of nitrogens with one attached hydrogen (secondary N) is 2. The number of carbonyl (C=O) groups excluding carboxylic acids is 1. The summed E-state index contributed by atoms with van der Waals surface area (Å²) in [5, 5.41) is 6.86. The maximum atomic E-state index is 12.9. The summed E-state index contributed by atoms with van der Waals surface area (Å²) in [6.45, 7) is 7.52. The smallest absolute Gasteiger partial charge is 0.323 e. The van der Waals surface area contributed by atoms with E-state index in [-0.39, 0.29) is 11.4 Å². The minimum Gasteiger partial charge on any atom is -0.347 e. The summed E-state index contributed by atoms with van der Waals surface area (Å²) in [4.78, 5) is 12.9. The van der Waals surface area contributed by atoms with Crippen molar-refractivity contribution in [1.29, 1.82) is 0 Å². The minimum absolute atomic E-state index is 0.0788. The molecule has 2 N–H and O–H groups in total. The van der Waals surface area contributed by atoms with E-state index >= 15 is 0 Å². The zero-order valence-electron chi connectivity index (χ0n) is 18.5. The lowest BCUT2D eigenvalue weighted by Crippen LogP contribution is -2.29. The van der Waals surface area contributed by atoms with Crippen molar-refractivity contribution in [2.75, 3.05) is 5.32 Å². The summed E-state index contributed by atoms with van der Waals surface area (Å²) in [6, 6.07) is 17.5. The highest BCUT2D eigenvalue weighted by Gasteiger charge is 2.21. The van der Waals surface area contributed by atoms with Crippen molar-refractivity contribution < 1.29 is 4.79 Å². The Balaban J connectivity index is 1.70. The molecule has 2 aromatic carbocycles. The van der Waals surface area contributed by atoms with Crippen molar-refractivity contribution in [3.8, 4) is 0 Å². The van der Waals surface area contributed by atoms with Gasteiger partial charge in [-0.3, -0.25) is 0 Å². The lowest BCUT2D eigenvalue weighted by atomic mass is 9.86. The van der Waals surface area contributed by atoms with Crippen LogP contribution in [0.15, 0.2) is 66.5 Å². The second-order valence-electron chi connectivity index (χ2n) is 9.07. The Labute approximate surface area is 199 Å². The number of anilines is 1. The van der Waals surface area contributed by atoms with Gasteiger partial charge >= 0.3 is 6.03 Å². The molecule has 32 heavy (non-hydrogen) atoms. The zero-order valence-corrected chi connectivity index (χ0v) is 20.0. The second-order valence-corrected chi connectivity index (χ2v) is 9.92. The van der Waals surface area contributed by atoms with Crippen LogP contribution in [0.5, 0.6) is 0 Å². The number of rotatable bonds is 3. The number of hydrogen-bond acceptors (Lipinski definition) is 1. The molecule has 1 aliphatic heterocycles. The number of halogens is 2. The average Bonchev–Trinajstić information content (AvgIpc) is 3.11. The summed E-state index contributed by atoms with van der Waals surface area (Å²) in [5.74, 6) is 0. The van der Waals surface area contributed by atoms with Gasteiger partial charge in [0.25, 0.3) is 0 Å². The van der Waals surface area contributed by atoms with Crippen LogP contribution in [0.2, 0.25) is 10.0 Å². The molecule has 1 aromatic heterocycles. The van der Waals surface area contributed by atoms with Crippen LogP contribution in [0, 0.1) is 0 Å². The molecule has 0 atom stereocenters. The number of fused-ring (bicyclic) bond motifs is 1. The highest BCUT2D eigenvalue weighted by Crippen LogP contribution is 2.33. The van der Waals surface area contributed by atoms with E-state index in [1.165, 1.54) is 5.56 Å². The fourth-order valence-corrected chi connectivity index (χ4v) is 4.46. The first-order valence-corrected chi connectivity index (χ1v) is 11.5. The molecule has 4 nitrogen and oxygen atoms in total. The fraction of sp³-hybridized carbons (Fsp3) is 0.269. The van der Waals surface area contributed by atoms with Gasteiger partial charge in [-0.1, -0.05) is 68.2 Å². The van der Waals surface area contributed by atoms with Crippen LogP contribution in [-0.2, 0) is 12.0 Å². The Morgan fingerprint density at radius 3 is 2.44 bits per heavy atom. The molecular weight excluding hydrogens is 441 g/mol. The van der Waals surface area contributed by atoms with Crippen molar-refractivity contribution in [1.82, 2.24) is 9.88 Å². The Bertz CT molecular complexity index is 1170. The van der Waals surface area contributed by atoms with Crippen molar-refractivity contribution in [2.45, 2.75) is 45.6 Å². The molecule has 0 saturated carbocycles. The monoisotopic (exact) mass is 467 g/mol. The topological polar surface area (TPSA) is 46.1 Å². The average molecular weight is 468 g/mol. The van der Waals surface area contributed by atoms with E-state index in [4.69, 9.17) is 23.2 Å². The lowest BCUT2D eigenvalue weighted by molar-refractivity contribution is 0.254. The number of urea groups is 1. The molecular formula is C26H27Cl2N3O. The molecule has 2 amide bonds. The molecule has 0 fully saturated rings. The van der Waals surface area contributed by atoms with Gasteiger partial charge in [0.05, 0.1) is 16.4 Å². The first-order valence-electron chi connectivity index (χ1n) is 10.7. The summed E-state index contributed by atoms with van der Waals surface area (Å²) in [5.41, 5.74) is 6.00. The van der Waals surface area contributed by atoms with E-state index in [0.717, 1.165) is 41.9 Å². The largest absolute Gasteiger partial charge is 0.347 e. The van der Waals surface area contributed by atoms with Crippen molar-refractivity contribution in [3.63, 3.8) is 0 Å². The molecule has 0 saturated heterocycles. The highest BCUT2D eigenvalue weighted by atomic mass is 35.5. The van der Waals surface area contributed by atoms with E-state index in [9.17, 15) is 4.79 Å². The number of aromatic nitrogens is 1. The van der Waals surface area contributed by atoms with Crippen LogP contribution in [0.4, 0.5) is 10.5 Å². The molecule has 0 spiro atoms. The first-order chi connectivity index (χ1) is 15.2. The molecule has 0 aliphatic carbocycles. The molecule has 4 rings (SSSR count). The number of nitrogens with zero attached hydrogens (tertiary/aromatic N) is 1. The third-order valence-corrected chi connectivity index (χ3v) is 6.24. The predicted octanol–water partition coefficient (Wildman–Crippen LogP) is 7.47. The van der Waals surface area contributed by atoms with Crippen LogP contribution in [0.25, 0.3) is 5.57 Å². The van der Waals surface area contributed by atoms with Gasteiger partial charge < -0.3 is 15.2 Å². The number of aryl methyl sites for hydroxylation is 1. The van der Waals surface area contributed by atoms with Gasteiger partial charge in [-0.2, -0.15) is 0 Å². The molecule has 6 heteroatoms. The van der Waals surface area contributed by atoms with Crippen molar-refractivity contribution >= 4 is 40.5 Å². The molecule has 0 radical (unpaired) electrons. The SMILES string of the molecule is CC(C)(C)c1ccc(C2=C(NC(=O)Nc3ccc(Cl)cc3Cl)CCCn3cccc32)cc1. The Morgan fingerprint density at radius 2 is 1.75 bits per heavy atom. The maximum Gasteiger partial charge on any atom is 0.323 e. The quantitative estimate of drug-likeness (QED) is 0.412. The fourth-order valence-electron chi connectivity index (χ4n) is 4.01. The number of amides is 2. The molecule has 0 unspecified atom stereocenters. The van der Waals surface area contributed by atoms with Gasteiger partial charge in [-0.15, -0.1) is 0 Å². The normalized spacial score (nSPS) is 14.0. The summed E-state index contributed by atoms with van der Waals surface area (Å²) >= 11 is 12.2. The van der Waals surface area contributed by atoms with Gasteiger partial charge in [-0.25, -0.2) is 4.79 Å². The number of benzene rings is 2. The summed E-state index contributed by atoms with van der Waals surface area (Å²) in [7, 11) is 0. The number of allylic oxidation sites excluding steroid dienone is 1. The van der Waals surface area contributed by atoms with E-state index in [2.05, 4.69) is 78.6 Å². The first kappa shape index (κ1) is 22.5. The second kappa shape index (κ2) is 9.05. The van der Waals surface area contributed by atoms with Gasteiger partial charge in [0, 0.05) is 29.0 Å². The summed E-state index contributed by atoms with van der Waals surface area (Å²) in [6.07, 6.45) is 3.79. The van der Waals surface area contributed by atoms with Gasteiger partial charge in [-0.05, 0) is 59.7 Å². The van der Waals surface area contributed by atoms with E-state index in [0.29, 0.717) is 15.7 Å². The zero-order chi connectivity index (χ0) is 22.9. The van der Waals surface area contributed by atoms with E-state index < -0.39 is 0 Å². The van der Waals surface area contributed by atoms with Crippen molar-refractivity contribution in [2.24, 2.45) is 0 Å². The Kier molecular flexibility index (Phi) is 6.36. The predicted molar refractivity (Wildman–Crippen MR) is 133 cm³/mol. The third kappa shape index (κ3) is 4.87. The molecule has 3 aromatic rings. The van der Waals surface area contributed by atoms with Gasteiger partial charge in [0.15, 0.2) is 0 Å². The van der Waals surface area contributed by atoms with Crippen molar-refractivity contribution in [3.05, 3.63) is 93.4 Å². The lowest BCUT2D eigenvalue weighted by Gasteiger charge is -2.20. The van der Waals surface area contributed by atoms with Gasteiger partial charge in [0.1, 0.15) is 0 Å². The van der Waals surface area contributed by atoms with Crippen LogP contribution in [0.1, 0.15) is 50.4 Å². The van der Waals surface area contributed by atoms with Crippen LogP contribution < -0.4 is 10.6 Å². The number of carbonyl (C=O) groups is 1. The minimum atomic E-state index is -0.326. The third-order valence-electron chi connectivity index (χ3n) is 5.70. The van der Waals surface area contributed by atoms with Crippen LogP contribution >= 0.6 is 23.2 Å². The Hall–Kier alpha value is -2.69. The van der Waals surface area contributed by atoms with Crippen LogP contribution in [0.3, 0.4) is 0 Å².